The molecule has 0 aliphatic carbocycles. The number of anilines is 1. The molecule has 0 saturated carbocycles. The normalized spacial score (nSPS) is 12.8. The van der Waals surface area contributed by atoms with Gasteiger partial charge in [-0.15, -0.1) is 0 Å². The van der Waals surface area contributed by atoms with E-state index in [4.69, 9.17) is 0 Å². The van der Waals surface area contributed by atoms with Crippen molar-refractivity contribution in [3.05, 3.63) is 71.8 Å². The van der Waals surface area contributed by atoms with E-state index in [0.717, 1.165) is 0 Å². The molecular formula is C22H26N2O4. The van der Waals surface area contributed by atoms with Crippen LogP contribution >= 0.6 is 0 Å². The first-order chi connectivity index (χ1) is 13.3. The molecule has 2 aromatic rings. The summed E-state index contributed by atoms with van der Waals surface area (Å²) in [5.74, 6) is -0.211. The fraction of sp³-hybridized carbons (Fsp3) is 0.273. The van der Waals surface area contributed by atoms with Gasteiger partial charge in [-0.2, -0.15) is 0 Å². The van der Waals surface area contributed by atoms with E-state index >= 15 is 0 Å². The zero-order valence-electron chi connectivity index (χ0n) is 16.1. The van der Waals surface area contributed by atoms with Crippen LogP contribution in [0.5, 0.6) is 5.75 Å². The Morgan fingerprint density at radius 1 is 1.14 bits per heavy atom. The number of nitrogens with one attached hydrogen (secondary N) is 2. The van der Waals surface area contributed by atoms with Gasteiger partial charge >= 0.3 is 0 Å². The van der Waals surface area contributed by atoms with Crippen LogP contribution in [0.15, 0.2) is 60.7 Å². The van der Waals surface area contributed by atoms with E-state index in [2.05, 4.69) is 17.2 Å². The number of aromatic hydroxyl groups is 1. The number of phenolic OH excluding ortho intramolecular Hbond substituents is 1. The van der Waals surface area contributed by atoms with Gasteiger partial charge in [0.05, 0.1) is 6.10 Å². The number of phenols is 1. The summed E-state index contributed by atoms with van der Waals surface area (Å²) < 4.78 is 0. The molecule has 4 N–H and O–H groups in total. The summed E-state index contributed by atoms with van der Waals surface area (Å²) in [6.45, 7) is 7.43. The zero-order valence-corrected chi connectivity index (χ0v) is 16.1. The Labute approximate surface area is 164 Å². The van der Waals surface area contributed by atoms with Gasteiger partial charge in [-0.05, 0) is 43.7 Å². The van der Waals surface area contributed by atoms with Crippen LogP contribution in [0.1, 0.15) is 42.3 Å². The van der Waals surface area contributed by atoms with Crippen LogP contribution in [0.25, 0.3) is 0 Å². The van der Waals surface area contributed by atoms with Crippen LogP contribution in [0.4, 0.5) is 5.69 Å². The molecule has 148 valence electrons. The van der Waals surface area contributed by atoms with Gasteiger partial charge in [0.1, 0.15) is 5.75 Å². The third-order valence-corrected chi connectivity index (χ3v) is 4.36. The molecule has 6 heteroatoms. The minimum atomic E-state index is -0.753. The summed E-state index contributed by atoms with van der Waals surface area (Å²) in [5, 5.41) is 25.5. The van der Waals surface area contributed by atoms with Crippen molar-refractivity contribution in [2.75, 3.05) is 11.9 Å². The molecule has 0 aliphatic rings. The second-order valence-corrected chi connectivity index (χ2v) is 6.77. The highest BCUT2D eigenvalue weighted by Gasteiger charge is 2.16. The lowest BCUT2D eigenvalue weighted by Crippen LogP contribution is -2.33. The molecule has 2 aromatic carbocycles. The van der Waals surface area contributed by atoms with Crippen LogP contribution in [0.3, 0.4) is 0 Å². The summed E-state index contributed by atoms with van der Waals surface area (Å²) in [5.41, 5.74) is 2.13. The predicted octanol–water partition coefficient (Wildman–Crippen LogP) is 3.19. The quantitative estimate of drug-likeness (QED) is 0.394. The molecule has 6 nitrogen and oxygen atoms in total. The van der Waals surface area contributed by atoms with Crippen molar-refractivity contribution >= 4 is 17.4 Å². The summed E-state index contributed by atoms with van der Waals surface area (Å²) in [4.78, 5) is 24.1. The van der Waals surface area contributed by atoms with E-state index in [0.29, 0.717) is 28.9 Å². The van der Waals surface area contributed by atoms with Crippen molar-refractivity contribution in [2.24, 2.45) is 0 Å². The second kappa shape index (κ2) is 9.82. The van der Waals surface area contributed by atoms with Crippen molar-refractivity contribution in [3.63, 3.8) is 0 Å². The Kier molecular flexibility index (Phi) is 7.49. The van der Waals surface area contributed by atoms with Crippen LogP contribution in [-0.2, 0) is 4.79 Å². The predicted molar refractivity (Wildman–Crippen MR) is 109 cm³/mol. The highest BCUT2D eigenvalue weighted by Crippen LogP contribution is 2.19. The lowest BCUT2D eigenvalue weighted by Gasteiger charge is -2.20. The Morgan fingerprint density at radius 3 is 2.46 bits per heavy atom. The highest BCUT2D eigenvalue weighted by molar-refractivity contribution is 6.04. The lowest BCUT2D eigenvalue weighted by atomic mass is 10.0. The third-order valence-electron chi connectivity index (χ3n) is 4.36. The summed E-state index contributed by atoms with van der Waals surface area (Å²) in [6.07, 6.45) is -0.499. The van der Waals surface area contributed by atoms with E-state index in [9.17, 15) is 19.8 Å². The Morgan fingerprint density at radius 2 is 1.82 bits per heavy atom. The number of aliphatic hydroxyl groups excluding tert-OH is 1. The summed E-state index contributed by atoms with van der Waals surface area (Å²) >= 11 is 0. The molecule has 0 spiro atoms. The Hall–Kier alpha value is -2.96. The van der Waals surface area contributed by atoms with Crippen molar-refractivity contribution in [3.8, 4) is 5.75 Å². The number of amides is 1. The molecule has 0 heterocycles. The monoisotopic (exact) mass is 382 g/mol. The maximum atomic E-state index is 12.4. The van der Waals surface area contributed by atoms with Gasteiger partial charge < -0.3 is 20.8 Å². The standard InChI is InChI=1S/C22H26N2O4/c1-14(2)22(28)24-18-6-4-5-17(13-18)20(26)11-12-23-15(3)21(27)16-7-9-19(25)10-8-16/h4-10,13,15,21,23,25,27H,1,11-12H2,2-3H3,(H,24,28). The first kappa shape index (κ1) is 21.3. The fourth-order valence-corrected chi connectivity index (χ4v) is 2.64. The number of hydrogen-bond acceptors (Lipinski definition) is 5. The molecule has 2 atom stereocenters. The van der Waals surface area contributed by atoms with Crippen molar-refractivity contribution < 1.29 is 19.8 Å². The van der Waals surface area contributed by atoms with Gasteiger partial charge in [-0.25, -0.2) is 0 Å². The van der Waals surface area contributed by atoms with Crippen LogP contribution in [0, 0.1) is 0 Å². The Bertz CT molecular complexity index is 846. The minimum absolute atomic E-state index is 0.0646. The maximum Gasteiger partial charge on any atom is 0.250 e. The second-order valence-electron chi connectivity index (χ2n) is 6.77. The molecule has 0 fully saturated rings. The number of aliphatic hydroxyl groups is 1. The number of hydrogen-bond donors (Lipinski definition) is 4. The fourth-order valence-electron chi connectivity index (χ4n) is 2.64. The number of Topliss-reactive ketones (excluding diaryl/α,β-unsaturated/α-hetero) is 1. The smallest absolute Gasteiger partial charge is 0.250 e. The molecule has 1 amide bonds. The van der Waals surface area contributed by atoms with Gasteiger partial charge in [0, 0.05) is 35.8 Å². The molecule has 28 heavy (non-hydrogen) atoms. The van der Waals surface area contributed by atoms with Gasteiger partial charge in [-0.3, -0.25) is 9.59 Å². The molecule has 2 rings (SSSR count). The van der Waals surface area contributed by atoms with Crippen LogP contribution < -0.4 is 10.6 Å². The van der Waals surface area contributed by atoms with Gasteiger partial charge in [0.2, 0.25) is 0 Å². The number of carbonyl (C=O) groups is 2. The summed E-state index contributed by atoms with van der Waals surface area (Å²) in [6, 6.07) is 12.9. The largest absolute Gasteiger partial charge is 0.508 e. The molecule has 2 unspecified atom stereocenters. The van der Waals surface area contributed by atoms with E-state index in [1.807, 2.05) is 6.92 Å². The molecule has 0 radical (unpaired) electrons. The molecule has 0 bridgehead atoms. The van der Waals surface area contributed by atoms with E-state index in [1.54, 1.807) is 43.3 Å². The minimum Gasteiger partial charge on any atom is -0.508 e. The number of carbonyl (C=O) groups excluding carboxylic acids is 2. The van der Waals surface area contributed by atoms with Crippen LogP contribution in [0.2, 0.25) is 0 Å². The number of benzene rings is 2. The Balaban J connectivity index is 1.87. The first-order valence-corrected chi connectivity index (χ1v) is 9.08. The zero-order chi connectivity index (χ0) is 20.7. The third kappa shape index (κ3) is 6.04. The average molecular weight is 382 g/mol. The summed E-state index contributed by atoms with van der Waals surface area (Å²) in [7, 11) is 0. The first-order valence-electron chi connectivity index (χ1n) is 9.08. The number of ketones is 1. The van der Waals surface area contributed by atoms with Crippen molar-refractivity contribution in [2.45, 2.75) is 32.4 Å². The number of rotatable bonds is 9. The van der Waals surface area contributed by atoms with Gasteiger partial charge in [-0.1, -0.05) is 30.8 Å². The SMILES string of the molecule is C=C(C)C(=O)Nc1cccc(C(=O)CCNC(C)C(O)c2ccc(O)cc2)c1. The molecular weight excluding hydrogens is 356 g/mol. The van der Waals surface area contributed by atoms with Crippen LogP contribution in [-0.4, -0.2) is 34.5 Å². The van der Waals surface area contributed by atoms with E-state index < -0.39 is 6.10 Å². The van der Waals surface area contributed by atoms with Gasteiger partial charge in [0.15, 0.2) is 5.78 Å². The topological polar surface area (TPSA) is 98.7 Å². The van der Waals surface area contributed by atoms with E-state index in [1.165, 1.54) is 12.1 Å². The highest BCUT2D eigenvalue weighted by atomic mass is 16.3. The average Bonchev–Trinajstić information content (AvgIpc) is 2.67. The van der Waals surface area contributed by atoms with Gasteiger partial charge in [0.25, 0.3) is 5.91 Å². The maximum absolute atomic E-state index is 12.4. The molecule has 0 aliphatic heterocycles. The lowest BCUT2D eigenvalue weighted by molar-refractivity contribution is -0.112. The molecule has 0 saturated heterocycles. The van der Waals surface area contributed by atoms with E-state index in [-0.39, 0.29) is 29.9 Å². The van der Waals surface area contributed by atoms with Crippen molar-refractivity contribution in [1.29, 1.82) is 0 Å². The molecule has 0 aromatic heterocycles. The van der Waals surface area contributed by atoms with Crippen molar-refractivity contribution in [1.82, 2.24) is 5.32 Å².